The monoisotopic (exact) mass is 302 g/mol. The number of benzene rings is 2. The first-order valence-electron chi connectivity index (χ1n) is 5.42. The van der Waals surface area contributed by atoms with Crippen molar-refractivity contribution in [1.29, 1.82) is 0 Å². The smallest absolute Gasteiger partial charge is 0.143 e. The lowest BCUT2D eigenvalue weighted by molar-refractivity contribution is 0.350. The summed E-state index contributed by atoms with van der Waals surface area (Å²) in [6.45, 7) is -0.160. The average Bonchev–Trinajstić information content (AvgIpc) is 2.40. The predicted molar refractivity (Wildman–Crippen MR) is 74.6 cm³/mol. The zero-order valence-corrected chi connectivity index (χ0v) is 11.1. The molecule has 2 rings (SSSR count). The Kier molecular flexibility index (Phi) is 4.40. The summed E-state index contributed by atoms with van der Waals surface area (Å²) in [5.74, 6) is 6.91. The van der Waals surface area contributed by atoms with Crippen molar-refractivity contribution in [3.05, 3.63) is 58.6 Å². The van der Waals surface area contributed by atoms with Crippen LogP contribution in [-0.2, 0) is 0 Å². The molecule has 0 aliphatic carbocycles. The van der Waals surface area contributed by atoms with E-state index in [1.807, 2.05) is 48.5 Å². The van der Waals surface area contributed by atoms with Gasteiger partial charge in [-0.05, 0) is 36.4 Å². The van der Waals surface area contributed by atoms with Crippen molar-refractivity contribution in [3.63, 3.8) is 0 Å². The summed E-state index contributed by atoms with van der Waals surface area (Å²) >= 11 is 3.37. The van der Waals surface area contributed by atoms with Gasteiger partial charge in [-0.3, -0.25) is 0 Å². The standard InChI is InChI=1S/C15H11BrO2/c16-13-7-9-14(10-8-13)18-15-6-2-1-4-12(15)5-3-11-17/h1-2,4,6-10,17H,11H2. The van der Waals surface area contributed by atoms with Crippen molar-refractivity contribution in [2.45, 2.75) is 0 Å². The number of hydrogen-bond donors (Lipinski definition) is 1. The number of hydrogen-bond acceptors (Lipinski definition) is 2. The molecule has 3 heteroatoms. The van der Waals surface area contributed by atoms with Gasteiger partial charge >= 0.3 is 0 Å². The largest absolute Gasteiger partial charge is 0.456 e. The molecule has 2 nitrogen and oxygen atoms in total. The summed E-state index contributed by atoms with van der Waals surface area (Å²) < 4.78 is 6.76. The summed E-state index contributed by atoms with van der Waals surface area (Å²) in [6.07, 6.45) is 0. The summed E-state index contributed by atoms with van der Waals surface area (Å²) in [6, 6.07) is 15.1. The van der Waals surface area contributed by atoms with Crippen molar-refractivity contribution in [2.24, 2.45) is 0 Å². The van der Waals surface area contributed by atoms with E-state index in [1.165, 1.54) is 0 Å². The Hall–Kier alpha value is -1.76. The normalized spacial score (nSPS) is 9.44. The zero-order chi connectivity index (χ0) is 12.8. The van der Waals surface area contributed by atoms with E-state index in [2.05, 4.69) is 27.8 Å². The molecule has 0 aromatic heterocycles. The van der Waals surface area contributed by atoms with Crippen molar-refractivity contribution in [3.8, 4) is 23.3 Å². The highest BCUT2D eigenvalue weighted by Gasteiger charge is 2.01. The van der Waals surface area contributed by atoms with Crippen LogP contribution in [0.4, 0.5) is 0 Å². The maximum atomic E-state index is 8.72. The van der Waals surface area contributed by atoms with Crippen LogP contribution in [0.1, 0.15) is 5.56 Å². The molecular formula is C15H11BrO2. The van der Waals surface area contributed by atoms with E-state index in [0.29, 0.717) is 5.75 Å². The van der Waals surface area contributed by atoms with Crippen LogP contribution in [-0.4, -0.2) is 11.7 Å². The summed E-state index contributed by atoms with van der Waals surface area (Å²) in [5.41, 5.74) is 0.759. The van der Waals surface area contributed by atoms with Crippen molar-refractivity contribution >= 4 is 15.9 Å². The second kappa shape index (κ2) is 6.25. The van der Waals surface area contributed by atoms with Crippen LogP contribution in [0.3, 0.4) is 0 Å². The van der Waals surface area contributed by atoms with Gasteiger partial charge in [0.25, 0.3) is 0 Å². The lowest BCUT2D eigenvalue weighted by atomic mass is 10.2. The quantitative estimate of drug-likeness (QED) is 0.859. The number of para-hydroxylation sites is 1. The van der Waals surface area contributed by atoms with Crippen LogP contribution in [0.15, 0.2) is 53.0 Å². The van der Waals surface area contributed by atoms with Crippen molar-refractivity contribution in [1.82, 2.24) is 0 Å². The van der Waals surface area contributed by atoms with Crippen LogP contribution in [0.5, 0.6) is 11.5 Å². The third-order valence-corrected chi connectivity index (χ3v) is 2.76. The Balaban J connectivity index is 2.26. The first kappa shape index (κ1) is 12.7. The molecule has 0 aliphatic rings. The molecule has 0 amide bonds. The van der Waals surface area contributed by atoms with Gasteiger partial charge in [0.1, 0.15) is 18.1 Å². The van der Waals surface area contributed by atoms with Crippen LogP contribution in [0.25, 0.3) is 0 Å². The van der Waals surface area contributed by atoms with Crippen molar-refractivity contribution < 1.29 is 9.84 Å². The molecule has 0 bridgehead atoms. The minimum Gasteiger partial charge on any atom is -0.456 e. The van der Waals surface area contributed by atoms with Crippen LogP contribution >= 0.6 is 15.9 Å². The van der Waals surface area contributed by atoms with Gasteiger partial charge in [-0.2, -0.15) is 0 Å². The molecule has 0 saturated carbocycles. The molecule has 0 saturated heterocycles. The molecule has 18 heavy (non-hydrogen) atoms. The second-order valence-corrected chi connectivity index (χ2v) is 4.43. The van der Waals surface area contributed by atoms with E-state index in [9.17, 15) is 0 Å². The number of halogens is 1. The first-order chi connectivity index (χ1) is 8.79. The van der Waals surface area contributed by atoms with Gasteiger partial charge < -0.3 is 9.84 Å². The Labute approximate surface area is 114 Å². The van der Waals surface area contributed by atoms with E-state index >= 15 is 0 Å². The number of rotatable bonds is 2. The Bertz CT molecular complexity index is 579. The Morgan fingerprint density at radius 3 is 2.50 bits per heavy atom. The van der Waals surface area contributed by atoms with Gasteiger partial charge in [-0.25, -0.2) is 0 Å². The summed E-state index contributed by atoms with van der Waals surface area (Å²) in [4.78, 5) is 0. The van der Waals surface area contributed by atoms with Gasteiger partial charge in [-0.1, -0.05) is 39.9 Å². The summed E-state index contributed by atoms with van der Waals surface area (Å²) in [5, 5.41) is 8.72. The molecule has 0 aliphatic heterocycles. The lowest BCUT2D eigenvalue weighted by Gasteiger charge is -2.07. The molecule has 1 N–H and O–H groups in total. The molecule has 90 valence electrons. The van der Waals surface area contributed by atoms with E-state index < -0.39 is 0 Å². The fourth-order valence-electron chi connectivity index (χ4n) is 1.42. The van der Waals surface area contributed by atoms with E-state index in [4.69, 9.17) is 9.84 Å². The van der Waals surface area contributed by atoms with Crippen LogP contribution in [0.2, 0.25) is 0 Å². The highest BCUT2D eigenvalue weighted by molar-refractivity contribution is 9.10. The molecule has 2 aromatic rings. The van der Waals surface area contributed by atoms with Gasteiger partial charge in [0.2, 0.25) is 0 Å². The second-order valence-electron chi connectivity index (χ2n) is 3.51. The highest BCUT2D eigenvalue weighted by atomic mass is 79.9. The van der Waals surface area contributed by atoms with Gasteiger partial charge in [0.05, 0.1) is 5.56 Å². The molecule has 0 heterocycles. The van der Waals surface area contributed by atoms with Crippen LogP contribution < -0.4 is 4.74 Å². The summed E-state index contributed by atoms with van der Waals surface area (Å²) in [7, 11) is 0. The zero-order valence-electron chi connectivity index (χ0n) is 9.56. The molecule has 2 aromatic carbocycles. The number of aliphatic hydroxyl groups is 1. The van der Waals surface area contributed by atoms with Gasteiger partial charge in [-0.15, -0.1) is 0 Å². The molecular weight excluding hydrogens is 292 g/mol. The van der Waals surface area contributed by atoms with Gasteiger partial charge in [0.15, 0.2) is 0 Å². The minimum absolute atomic E-state index is 0.160. The fraction of sp³-hybridized carbons (Fsp3) is 0.0667. The van der Waals surface area contributed by atoms with Gasteiger partial charge in [0, 0.05) is 4.47 Å². The molecule has 0 spiro atoms. The third kappa shape index (κ3) is 3.36. The molecule has 0 fully saturated rings. The van der Waals surface area contributed by atoms with E-state index in [-0.39, 0.29) is 6.61 Å². The minimum atomic E-state index is -0.160. The van der Waals surface area contributed by atoms with Crippen molar-refractivity contribution in [2.75, 3.05) is 6.61 Å². The number of aliphatic hydroxyl groups excluding tert-OH is 1. The van der Waals surface area contributed by atoms with E-state index in [1.54, 1.807) is 0 Å². The highest BCUT2D eigenvalue weighted by Crippen LogP contribution is 2.25. The third-order valence-electron chi connectivity index (χ3n) is 2.23. The predicted octanol–water partition coefficient (Wildman–Crippen LogP) is 3.59. The number of ether oxygens (including phenoxy) is 1. The molecule has 0 radical (unpaired) electrons. The Morgan fingerprint density at radius 2 is 1.78 bits per heavy atom. The lowest BCUT2D eigenvalue weighted by Crippen LogP contribution is -1.88. The fourth-order valence-corrected chi connectivity index (χ4v) is 1.69. The molecule has 0 unspecified atom stereocenters. The maximum absolute atomic E-state index is 8.72. The Morgan fingerprint density at radius 1 is 1.06 bits per heavy atom. The average molecular weight is 303 g/mol. The first-order valence-corrected chi connectivity index (χ1v) is 6.21. The van der Waals surface area contributed by atoms with Crippen LogP contribution in [0, 0.1) is 11.8 Å². The molecule has 0 atom stereocenters. The maximum Gasteiger partial charge on any atom is 0.143 e. The topological polar surface area (TPSA) is 29.5 Å². The SMILES string of the molecule is OCC#Cc1ccccc1Oc1ccc(Br)cc1. The van der Waals surface area contributed by atoms with E-state index in [0.717, 1.165) is 15.8 Å².